The Hall–Kier alpha value is -3.28. The molecule has 0 saturated carbocycles. The molecule has 0 saturated heterocycles. The molecule has 0 spiro atoms. The van der Waals surface area contributed by atoms with Crippen molar-refractivity contribution in [3.05, 3.63) is 81.1 Å². The van der Waals surface area contributed by atoms with Crippen molar-refractivity contribution >= 4 is 17.3 Å². The van der Waals surface area contributed by atoms with Crippen molar-refractivity contribution < 1.29 is 19.2 Å². The number of benzene rings is 2. The van der Waals surface area contributed by atoms with Crippen LogP contribution in [0.5, 0.6) is 5.75 Å². The molecule has 1 aliphatic carbocycles. The van der Waals surface area contributed by atoms with Crippen molar-refractivity contribution in [2.45, 2.75) is 39.0 Å². The third kappa shape index (κ3) is 3.58. The van der Waals surface area contributed by atoms with Crippen LogP contribution >= 0.6 is 0 Å². The monoisotopic (exact) mass is 391 g/mol. The summed E-state index contributed by atoms with van der Waals surface area (Å²) in [6.45, 7) is 4.07. The highest BCUT2D eigenvalue weighted by Crippen LogP contribution is 2.49. The minimum atomic E-state index is -0.498. The number of hydrogen-bond donors (Lipinski definition) is 0. The van der Waals surface area contributed by atoms with Crippen LogP contribution in [0.25, 0.3) is 0 Å². The lowest BCUT2D eigenvalue weighted by Gasteiger charge is -2.38. The summed E-state index contributed by atoms with van der Waals surface area (Å²) in [5.41, 5.74) is 1.57. The minimum Gasteiger partial charge on any atom is -0.461 e. The minimum absolute atomic E-state index is 0.0206. The first-order valence-electron chi connectivity index (χ1n) is 9.56. The van der Waals surface area contributed by atoms with Gasteiger partial charge in [-0.15, -0.1) is 0 Å². The number of rotatable bonds is 4. The fourth-order valence-electron chi connectivity index (χ4n) is 4.19. The van der Waals surface area contributed by atoms with E-state index in [0.717, 1.165) is 5.56 Å². The molecule has 2 aromatic carbocycles. The molecule has 0 radical (unpaired) electrons. The van der Waals surface area contributed by atoms with E-state index in [-0.39, 0.29) is 35.0 Å². The Morgan fingerprint density at radius 2 is 1.83 bits per heavy atom. The molecule has 1 heterocycles. The number of nitro benzene ring substituents is 1. The normalized spacial score (nSPS) is 19.8. The van der Waals surface area contributed by atoms with E-state index >= 15 is 0 Å². The molecular weight excluding hydrogens is 370 g/mol. The largest absolute Gasteiger partial charge is 0.461 e. The zero-order chi connectivity index (χ0) is 20.8. The van der Waals surface area contributed by atoms with Gasteiger partial charge in [-0.05, 0) is 23.6 Å². The van der Waals surface area contributed by atoms with Gasteiger partial charge in [0.15, 0.2) is 11.6 Å². The molecule has 2 aliphatic rings. The van der Waals surface area contributed by atoms with E-state index in [1.807, 2.05) is 38.1 Å². The predicted molar refractivity (Wildman–Crippen MR) is 107 cm³/mol. The van der Waals surface area contributed by atoms with E-state index in [2.05, 4.69) is 0 Å². The molecule has 0 bridgehead atoms. The number of nitrogens with zero attached hydrogens (tertiary/aromatic N) is 1. The summed E-state index contributed by atoms with van der Waals surface area (Å²) >= 11 is 0. The maximum absolute atomic E-state index is 13.0. The van der Waals surface area contributed by atoms with Gasteiger partial charge in [-0.2, -0.15) is 0 Å². The molecule has 0 fully saturated rings. The molecule has 1 aliphatic heterocycles. The molecule has 148 valence electrons. The Morgan fingerprint density at radius 1 is 1.14 bits per heavy atom. The third-order valence-corrected chi connectivity index (χ3v) is 5.54. The van der Waals surface area contributed by atoms with E-state index in [1.165, 1.54) is 24.3 Å². The van der Waals surface area contributed by atoms with Gasteiger partial charge in [0.2, 0.25) is 0 Å². The highest BCUT2D eigenvalue weighted by atomic mass is 16.6. The Balaban J connectivity index is 1.70. The van der Waals surface area contributed by atoms with Gasteiger partial charge in [-0.1, -0.05) is 32.0 Å². The van der Waals surface area contributed by atoms with Crippen molar-refractivity contribution in [3.63, 3.8) is 0 Å². The number of para-hydroxylation sites is 1. The van der Waals surface area contributed by atoms with E-state index in [1.54, 1.807) is 0 Å². The van der Waals surface area contributed by atoms with Crippen LogP contribution in [-0.2, 0) is 4.79 Å². The number of ether oxygens (including phenoxy) is 1. The van der Waals surface area contributed by atoms with Gasteiger partial charge in [0.25, 0.3) is 5.69 Å². The molecule has 29 heavy (non-hydrogen) atoms. The van der Waals surface area contributed by atoms with Crippen LogP contribution in [0, 0.1) is 15.5 Å². The molecule has 6 heteroatoms. The smallest absolute Gasteiger partial charge is 0.269 e. The molecule has 1 unspecified atom stereocenters. The number of nitro groups is 1. The number of carbonyl (C=O) groups is 2. The number of ketones is 2. The van der Waals surface area contributed by atoms with Gasteiger partial charge < -0.3 is 4.74 Å². The summed E-state index contributed by atoms with van der Waals surface area (Å²) in [4.78, 5) is 36.3. The van der Waals surface area contributed by atoms with Crippen LogP contribution in [-0.4, -0.2) is 16.5 Å². The van der Waals surface area contributed by atoms with Gasteiger partial charge in [0, 0.05) is 54.0 Å². The maximum atomic E-state index is 13.0. The lowest BCUT2D eigenvalue weighted by Crippen LogP contribution is -2.33. The van der Waals surface area contributed by atoms with Crippen molar-refractivity contribution in [1.82, 2.24) is 0 Å². The average molecular weight is 391 g/mol. The molecule has 1 atom stereocenters. The zero-order valence-corrected chi connectivity index (χ0v) is 16.3. The molecule has 0 amide bonds. The van der Waals surface area contributed by atoms with Gasteiger partial charge in [0.05, 0.1) is 4.92 Å². The Labute approximate surface area is 168 Å². The number of Topliss-reactive ketones (excluding diaryl/α,β-unsaturated/α-hetero) is 2. The van der Waals surface area contributed by atoms with Crippen LogP contribution in [0.1, 0.15) is 54.9 Å². The summed E-state index contributed by atoms with van der Waals surface area (Å²) in [5, 5.41) is 10.8. The third-order valence-electron chi connectivity index (χ3n) is 5.54. The van der Waals surface area contributed by atoms with Crippen molar-refractivity contribution in [1.29, 1.82) is 0 Å². The van der Waals surface area contributed by atoms with E-state index in [9.17, 15) is 19.7 Å². The summed E-state index contributed by atoms with van der Waals surface area (Å²) in [6, 6.07) is 13.1. The first kappa shape index (κ1) is 19.1. The van der Waals surface area contributed by atoms with Gasteiger partial charge in [0.1, 0.15) is 11.5 Å². The second-order valence-corrected chi connectivity index (χ2v) is 8.40. The summed E-state index contributed by atoms with van der Waals surface area (Å²) in [7, 11) is 0. The van der Waals surface area contributed by atoms with Crippen LogP contribution in [0.15, 0.2) is 59.9 Å². The maximum Gasteiger partial charge on any atom is 0.269 e. The quantitative estimate of drug-likeness (QED) is 0.416. The number of carbonyl (C=O) groups excluding carboxylic acids is 2. The SMILES string of the molecule is CC1(C)CC(=O)C2=C(C1)Oc1ccccc1C2CC(=O)c1ccc([N+](=O)[O-])cc1. The van der Waals surface area contributed by atoms with Crippen LogP contribution in [0.3, 0.4) is 0 Å². The van der Waals surface area contributed by atoms with E-state index in [0.29, 0.717) is 35.5 Å². The van der Waals surface area contributed by atoms with Crippen molar-refractivity contribution in [2.24, 2.45) is 5.41 Å². The molecule has 4 rings (SSSR count). The number of allylic oxidation sites excluding steroid dienone is 2. The molecule has 0 aromatic heterocycles. The average Bonchev–Trinajstić information content (AvgIpc) is 2.66. The summed E-state index contributed by atoms with van der Waals surface area (Å²) < 4.78 is 6.07. The van der Waals surface area contributed by atoms with Gasteiger partial charge in [-0.3, -0.25) is 19.7 Å². The fourth-order valence-corrected chi connectivity index (χ4v) is 4.19. The summed E-state index contributed by atoms with van der Waals surface area (Å²) in [5.74, 6) is 0.823. The highest BCUT2D eigenvalue weighted by Gasteiger charge is 2.41. The molecular formula is C23H21NO5. The lowest BCUT2D eigenvalue weighted by molar-refractivity contribution is -0.384. The van der Waals surface area contributed by atoms with Crippen molar-refractivity contribution in [2.75, 3.05) is 0 Å². The first-order valence-corrected chi connectivity index (χ1v) is 9.56. The fraction of sp³-hybridized carbons (Fsp3) is 0.304. The van der Waals surface area contributed by atoms with E-state index in [4.69, 9.17) is 4.74 Å². The van der Waals surface area contributed by atoms with Crippen LogP contribution < -0.4 is 4.74 Å². The highest BCUT2D eigenvalue weighted by molar-refractivity contribution is 6.02. The first-order chi connectivity index (χ1) is 13.7. The Bertz CT molecular complexity index is 1050. The summed E-state index contributed by atoms with van der Waals surface area (Å²) in [6.07, 6.45) is 1.17. The number of non-ortho nitro benzene ring substituents is 1. The van der Waals surface area contributed by atoms with E-state index < -0.39 is 4.92 Å². The van der Waals surface area contributed by atoms with Crippen LogP contribution in [0.2, 0.25) is 0 Å². The lowest BCUT2D eigenvalue weighted by atomic mass is 9.70. The Morgan fingerprint density at radius 3 is 2.52 bits per heavy atom. The second-order valence-electron chi connectivity index (χ2n) is 8.40. The number of fused-ring (bicyclic) bond motifs is 1. The molecule has 6 nitrogen and oxygen atoms in total. The second kappa shape index (κ2) is 6.95. The van der Waals surface area contributed by atoms with Crippen LogP contribution in [0.4, 0.5) is 5.69 Å². The number of hydrogen-bond acceptors (Lipinski definition) is 5. The van der Waals surface area contributed by atoms with Gasteiger partial charge >= 0.3 is 0 Å². The zero-order valence-electron chi connectivity index (χ0n) is 16.3. The van der Waals surface area contributed by atoms with Gasteiger partial charge in [-0.25, -0.2) is 0 Å². The standard InChI is InChI=1S/C23H21NO5/c1-23(2)12-19(26)22-17(16-5-3-4-6-20(16)29-21(22)13-23)11-18(25)14-7-9-15(10-8-14)24(27)28/h3-10,17H,11-13H2,1-2H3. The molecule has 0 N–H and O–H groups in total. The predicted octanol–water partition coefficient (Wildman–Crippen LogP) is 4.99. The molecule has 2 aromatic rings. The van der Waals surface area contributed by atoms with Crippen molar-refractivity contribution in [3.8, 4) is 5.75 Å². The topological polar surface area (TPSA) is 86.5 Å². The Kier molecular flexibility index (Phi) is 4.57.